The number of nitrogens with one attached hydrogen (secondary N) is 1. The van der Waals surface area contributed by atoms with E-state index in [4.69, 9.17) is 4.98 Å². The van der Waals surface area contributed by atoms with Crippen molar-refractivity contribution in [1.29, 1.82) is 0 Å². The number of benzene rings is 1. The van der Waals surface area contributed by atoms with Gasteiger partial charge in [-0.15, -0.1) is 0 Å². The molecule has 1 aromatic carbocycles. The van der Waals surface area contributed by atoms with Gasteiger partial charge >= 0.3 is 0 Å². The molecule has 3 aromatic rings. The average molecular weight is 333 g/mol. The van der Waals surface area contributed by atoms with Crippen LogP contribution in [0.1, 0.15) is 61.7 Å². The van der Waals surface area contributed by atoms with Gasteiger partial charge in [0.1, 0.15) is 5.82 Å². The lowest BCUT2D eigenvalue weighted by molar-refractivity contribution is 0.121. The minimum atomic E-state index is -0.128. The third-order valence-corrected chi connectivity index (χ3v) is 5.71. The average Bonchev–Trinajstić information content (AvgIpc) is 3.41. The van der Waals surface area contributed by atoms with E-state index < -0.39 is 0 Å². The maximum Gasteiger partial charge on any atom is 0.110 e. The number of aliphatic hydroxyl groups is 1. The largest absolute Gasteiger partial charge is 0.393 e. The Balaban J connectivity index is 1.46. The van der Waals surface area contributed by atoms with Crippen molar-refractivity contribution in [2.75, 3.05) is 0 Å². The molecule has 2 N–H and O–H groups in total. The first-order valence-corrected chi connectivity index (χ1v) is 9.40. The first-order chi connectivity index (χ1) is 12.3. The number of aromatic amines is 1. The number of aliphatic hydroxyl groups excluding tert-OH is 1. The zero-order valence-corrected chi connectivity index (χ0v) is 14.3. The predicted molar refractivity (Wildman–Crippen MR) is 98.5 cm³/mol. The summed E-state index contributed by atoms with van der Waals surface area (Å²) in [4.78, 5) is 12.9. The van der Waals surface area contributed by atoms with Crippen LogP contribution in [-0.2, 0) is 0 Å². The van der Waals surface area contributed by atoms with Crippen molar-refractivity contribution >= 4 is 11.0 Å². The zero-order valence-electron chi connectivity index (χ0n) is 14.3. The molecule has 0 amide bonds. The van der Waals surface area contributed by atoms with Gasteiger partial charge in [-0.1, -0.05) is 6.07 Å². The van der Waals surface area contributed by atoms with E-state index in [1.165, 1.54) is 18.4 Å². The van der Waals surface area contributed by atoms with Gasteiger partial charge in [-0.3, -0.25) is 4.98 Å². The third-order valence-electron chi connectivity index (χ3n) is 5.71. The molecule has 0 unspecified atom stereocenters. The van der Waals surface area contributed by atoms with E-state index in [0.717, 1.165) is 59.7 Å². The van der Waals surface area contributed by atoms with Gasteiger partial charge in [-0.2, -0.15) is 0 Å². The first kappa shape index (κ1) is 15.1. The number of imidazole rings is 1. The van der Waals surface area contributed by atoms with E-state index in [2.05, 4.69) is 40.3 Å². The second-order valence-electron chi connectivity index (χ2n) is 7.61. The molecule has 128 valence electrons. The molecule has 2 fully saturated rings. The molecule has 0 aliphatic heterocycles. The molecule has 2 aromatic heterocycles. The standard InChI is InChI=1S/C21H23N3O/c25-17-6-3-14(4-7-17)21-23-18-8-5-16(12-20(18)24-21)19-11-15(9-10-22-19)13-1-2-13/h5,8-14,17,25H,1-4,6-7H2,(H,23,24). The number of fused-ring (bicyclic) bond motifs is 1. The van der Waals surface area contributed by atoms with Crippen LogP contribution in [0.2, 0.25) is 0 Å². The lowest BCUT2D eigenvalue weighted by Gasteiger charge is -2.23. The fourth-order valence-electron chi connectivity index (χ4n) is 4.01. The lowest BCUT2D eigenvalue weighted by Crippen LogP contribution is -2.17. The third kappa shape index (κ3) is 2.95. The number of pyridine rings is 1. The van der Waals surface area contributed by atoms with Crippen molar-refractivity contribution in [2.45, 2.75) is 56.5 Å². The van der Waals surface area contributed by atoms with Crippen molar-refractivity contribution in [3.05, 3.63) is 47.9 Å². The predicted octanol–water partition coefficient (Wildman–Crippen LogP) is 4.52. The van der Waals surface area contributed by atoms with Gasteiger partial charge in [-0.25, -0.2) is 4.98 Å². The summed E-state index contributed by atoms with van der Waals surface area (Å²) in [6.07, 6.45) is 8.20. The highest BCUT2D eigenvalue weighted by Gasteiger charge is 2.24. The molecule has 5 rings (SSSR count). The number of H-pyrrole nitrogens is 1. The van der Waals surface area contributed by atoms with Crippen molar-refractivity contribution < 1.29 is 5.11 Å². The minimum absolute atomic E-state index is 0.128. The van der Waals surface area contributed by atoms with E-state index in [1.54, 1.807) is 0 Å². The minimum Gasteiger partial charge on any atom is -0.393 e. The Morgan fingerprint density at radius 3 is 2.52 bits per heavy atom. The Hall–Kier alpha value is -2.20. The summed E-state index contributed by atoms with van der Waals surface area (Å²) in [6.45, 7) is 0. The van der Waals surface area contributed by atoms with E-state index in [1.807, 2.05) is 6.20 Å². The normalized spacial score (nSPS) is 23.9. The highest BCUT2D eigenvalue weighted by atomic mass is 16.3. The smallest absolute Gasteiger partial charge is 0.110 e. The van der Waals surface area contributed by atoms with Crippen molar-refractivity contribution in [2.24, 2.45) is 0 Å². The molecule has 0 spiro atoms. The summed E-state index contributed by atoms with van der Waals surface area (Å²) in [6, 6.07) is 10.8. The molecular formula is C21H23N3O. The first-order valence-electron chi connectivity index (χ1n) is 9.40. The van der Waals surface area contributed by atoms with Crippen LogP contribution < -0.4 is 0 Å². The number of nitrogens with zero attached hydrogens (tertiary/aromatic N) is 2. The Morgan fingerprint density at radius 2 is 1.72 bits per heavy atom. The van der Waals surface area contributed by atoms with Crippen LogP contribution in [0.4, 0.5) is 0 Å². The molecule has 2 aliphatic carbocycles. The summed E-state index contributed by atoms with van der Waals surface area (Å²) in [7, 11) is 0. The topological polar surface area (TPSA) is 61.8 Å². The molecule has 4 heteroatoms. The molecule has 0 radical (unpaired) electrons. The van der Waals surface area contributed by atoms with E-state index in [0.29, 0.717) is 5.92 Å². The van der Waals surface area contributed by atoms with Crippen molar-refractivity contribution in [3.63, 3.8) is 0 Å². The monoisotopic (exact) mass is 333 g/mol. The van der Waals surface area contributed by atoms with Crippen LogP contribution >= 0.6 is 0 Å². The van der Waals surface area contributed by atoms with Gasteiger partial charge < -0.3 is 10.1 Å². The summed E-state index contributed by atoms with van der Waals surface area (Å²) < 4.78 is 0. The Bertz CT molecular complexity index is 904. The summed E-state index contributed by atoms with van der Waals surface area (Å²) in [5.41, 5.74) is 5.70. The fourth-order valence-corrected chi connectivity index (χ4v) is 4.01. The second-order valence-corrected chi connectivity index (χ2v) is 7.61. The maximum atomic E-state index is 9.70. The van der Waals surface area contributed by atoms with Crippen LogP contribution in [0.5, 0.6) is 0 Å². The van der Waals surface area contributed by atoms with Crippen LogP contribution in [0.25, 0.3) is 22.3 Å². The van der Waals surface area contributed by atoms with Gasteiger partial charge in [0.05, 0.1) is 22.8 Å². The summed E-state index contributed by atoms with van der Waals surface area (Å²) >= 11 is 0. The number of aromatic nitrogens is 3. The zero-order chi connectivity index (χ0) is 16.8. The summed E-state index contributed by atoms with van der Waals surface area (Å²) in [5.74, 6) is 2.25. The van der Waals surface area contributed by atoms with Crippen LogP contribution in [0.3, 0.4) is 0 Å². The SMILES string of the molecule is OC1CCC(c2nc3ccc(-c4cc(C5CC5)ccn4)cc3[nH]2)CC1. The molecular weight excluding hydrogens is 310 g/mol. The van der Waals surface area contributed by atoms with Gasteiger partial charge in [0.25, 0.3) is 0 Å². The molecule has 0 atom stereocenters. The van der Waals surface area contributed by atoms with E-state index in [-0.39, 0.29) is 6.10 Å². The van der Waals surface area contributed by atoms with Crippen molar-refractivity contribution in [3.8, 4) is 11.3 Å². The van der Waals surface area contributed by atoms with Crippen LogP contribution in [-0.4, -0.2) is 26.2 Å². The van der Waals surface area contributed by atoms with Crippen LogP contribution in [0, 0.1) is 0 Å². The number of hydrogen-bond donors (Lipinski definition) is 2. The van der Waals surface area contributed by atoms with E-state index >= 15 is 0 Å². The van der Waals surface area contributed by atoms with Gasteiger partial charge in [0.15, 0.2) is 0 Å². The highest BCUT2D eigenvalue weighted by molar-refractivity contribution is 5.81. The van der Waals surface area contributed by atoms with Gasteiger partial charge in [0, 0.05) is 17.7 Å². The number of hydrogen-bond acceptors (Lipinski definition) is 3. The highest BCUT2D eigenvalue weighted by Crippen LogP contribution is 2.41. The van der Waals surface area contributed by atoms with E-state index in [9.17, 15) is 5.11 Å². The molecule has 0 bridgehead atoms. The Morgan fingerprint density at radius 1 is 0.920 bits per heavy atom. The maximum absolute atomic E-state index is 9.70. The molecule has 4 nitrogen and oxygen atoms in total. The molecule has 2 saturated carbocycles. The Kier molecular flexibility index (Phi) is 3.59. The summed E-state index contributed by atoms with van der Waals surface area (Å²) in [5, 5.41) is 9.70. The number of rotatable bonds is 3. The van der Waals surface area contributed by atoms with Gasteiger partial charge in [-0.05, 0) is 74.3 Å². The molecule has 2 aliphatic rings. The lowest BCUT2D eigenvalue weighted by atomic mass is 9.87. The quantitative estimate of drug-likeness (QED) is 0.741. The fraction of sp³-hybridized carbons (Fsp3) is 0.429. The molecule has 25 heavy (non-hydrogen) atoms. The molecule has 2 heterocycles. The van der Waals surface area contributed by atoms with Gasteiger partial charge in [0.2, 0.25) is 0 Å². The van der Waals surface area contributed by atoms with Crippen LogP contribution in [0.15, 0.2) is 36.5 Å². The van der Waals surface area contributed by atoms with Crippen molar-refractivity contribution in [1.82, 2.24) is 15.0 Å². The molecule has 0 saturated heterocycles. The Labute approximate surface area is 147 Å². The second kappa shape index (κ2) is 5.95.